The largest absolute Gasteiger partial charge is 0.494 e. The summed E-state index contributed by atoms with van der Waals surface area (Å²) in [4.78, 5) is 8.68. The van der Waals surface area contributed by atoms with Crippen LogP contribution in [-0.2, 0) is 6.54 Å². The SMILES string of the molecule is CNCc1ncc2cccc(OC)c2n1. The van der Waals surface area contributed by atoms with Crippen molar-refractivity contribution < 1.29 is 4.74 Å². The van der Waals surface area contributed by atoms with Crippen LogP contribution < -0.4 is 10.1 Å². The average Bonchev–Trinajstić information content (AvgIpc) is 2.28. The quantitative estimate of drug-likeness (QED) is 0.818. The highest BCUT2D eigenvalue weighted by atomic mass is 16.5. The molecule has 0 aliphatic carbocycles. The highest BCUT2D eigenvalue weighted by Crippen LogP contribution is 2.22. The van der Waals surface area contributed by atoms with Crippen molar-refractivity contribution in [2.45, 2.75) is 6.54 Å². The van der Waals surface area contributed by atoms with Crippen LogP contribution in [0, 0.1) is 0 Å². The molecule has 0 saturated heterocycles. The lowest BCUT2D eigenvalue weighted by Crippen LogP contribution is -2.08. The molecule has 0 radical (unpaired) electrons. The first-order valence-corrected chi connectivity index (χ1v) is 4.78. The molecule has 1 aromatic heterocycles. The summed E-state index contributed by atoms with van der Waals surface area (Å²) in [6.45, 7) is 0.661. The van der Waals surface area contributed by atoms with E-state index >= 15 is 0 Å². The number of aromatic nitrogens is 2. The molecule has 0 bridgehead atoms. The van der Waals surface area contributed by atoms with E-state index in [9.17, 15) is 0 Å². The molecule has 0 unspecified atom stereocenters. The summed E-state index contributed by atoms with van der Waals surface area (Å²) in [5.74, 6) is 1.56. The Hall–Kier alpha value is -1.68. The topological polar surface area (TPSA) is 47.0 Å². The molecule has 1 N–H and O–H groups in total. The molecule has 1 heterocycles. The number of rotatable bonds is 3. The van der Waals surface area contributed by atoms with Gasteiger partial charge in [-0.2, -0.15) is 0 Å². The van der Waals surface area contributed by atoms with Crippen LogP contribution in [0.25, 0.3) is 10.9 Å². The maximum absolute atomic E-state index is 5.25. The fourth-order valence-electron chi connectivity index (χ4n) is 1.47. The molecule has 0 amide bonds. The summed E-state index contributed by atoms with van der Waals surface area (Å²) < 4.78 is 5.25. The molecule has 4 heteroatoms. The maximum Gasteiger partial charge on any atom is 0.145 e. The highest BCUT2D eigenvalue weighted by Gasteiger charge is 2.04. The number of hydrogen-bond acceptors (Lipinski definition) is 4. The van der Waals surface area contributed by atoms with Crippen molar-refractivity contribution in [2.75, 3.05) is 14.2 Å². The van der Waals surface area contributed by atoms with Gasteiger partial charge in [-0.25, -0.2) is 9.97 Å². The van der Waals surface area contributed by atoms with Crippen LogP contribution >= 0.6 is 0 Å². The number of para-hydroxylation sites is 1. The number of fused-ring (bicyclic) bond motifs is 1. The minimum Gasteiger partial charge on any atom is -0.494 e. The number of nitrogens with zero attached hydrogens (tertiary/aromatic N) is 2. The predicted octanol–water partition coefficient (Wildman–Crippen LogP) is 1.36. The van der Waals surface area contributed by atoms with Gasteiger partial charge in [0.25, 0.3) is 0 Å². The van der Waals surface area contributed by atoms with Gasteiger partial charge in [-0.1, -0.05) is 12.1 Å². The van der Waals surface area contributed by atoms with Crippen LogP contribution in [0.4, 0.5) is 0 Å². The summed E-state index contributed by atoms with van der Waals surface area (Å²) in [5, 5.41) is 4.01. The second-order valence-electron chi connectivity index (χ2n) is 3.21. The Kier molecular flexibility index (Phi) is 2.78. The zero-order valence-corrected chi connectivity index (χ0v) is 8.82. The van der Waals surface area contributed by atoms with Crippen LogP contribution in [0.5, 0.6) is 5.75 Å². The Bertz CT molecular complexity index is 470. The minimum absolute atomic E-state index is 0.661. The van der Waals surface area contributed by atoms with E-state index in [0.29, 0.717) is 6.54 Å². The van der Waals surface area contributed by atoms with Crippen LogP contribution in [-0.4, -0.2) is 24.1 Å². The van der Waals surface area contributed by atoms with E-state index in [0.717, 1.165) is 22.5 Å². The first-order valence-electron chi connectivity index (χ1n) is 4.78. The zero-order chi connectivity index (χ0) is 10.7. The van der Waals surface area contributed by atoms with Gasteiger partial charge in [0.05, 0.1) is 13.7 Å². The molecule has 2 aromatic rings. The first kappa shape index (κ1) is 9.86. The fourth-order valence-corrected chi connectivity index (χ4v) is 1.47. The molecule has 4 nitrogen and oxygen atoms in total. The van der Waals surface area contributed by atoms with Gasteiger partial charge in [0.15, 0.2) is 0 Å². The zero-order valence-electron chi connectivity index (χ0n) is 8.82. The normalized spacial score (nSPS) is 10.5. The van der Waals surface area contributed by atoms with Crippen LogP contribution in [0.2, 0.25) is 0 Å². The molecule has 2 rings (SSSR count). The van der Waals surface area contributed by atoms with E-state index in [4.69, 9.17) is 4.74 Å². The van der Waals surface area contributed by atoms with Gasteiger partial charge in [-0.05, 0) is 13.1 Å². The third-order valence-electron chi connectivity index (χ3n) is 2.18. The van der Waals surface area contributed by atoms with Gasteiger partial charge in [0.2, 0.25) is 0 Å². The van der Waals surface area contributed by atoms with Crippen LogP contribution in [0.3, 0.4) is 0 Å². The molecule has 78 valence electrons. The van der Waals surface area contributed by atoms with Crippen molar-refractivity contribution in [2.24, 2.45) is 0 Å². The second-order valence-corrected chi connectivity index (χ2v) is 3.21. The number of ether oxygens (including phenoxy) is 1. The van der Waals surface area contributed by atoms with Crippen LogP contribution in [0.1, 0.15) is 5.82 Å². The van der Waals surface area contributed by atoms with E-state index in [1.807, 2.05) is 31.4 Å². The number of hydrogen-bond donors (Lipinski definition) is 1. The van der Waals surface area contributed by atoms with Gasteiger partial charge in [-0.15, -0.1) is 0 Å². The Morgan fingerprint density at radius 3 is 3.00 bits per heavy atom. The highest BCUT2D eigenvalue weighted by molar-refractivity contribution is 5.83. The smallest absolute Gasteiger partial charge is 0.145 e. The summed E-state index contributed by atoms with van der Waals surface area (Å²) in [7, 11) is 3.52. The number of nitrogens with one attached hydrogen (secondary N) is 1. The third kappa shape index (κ3) is 1.89. The summed E-state index contributed by atoms with van der Waals surface area (Å²) in [6, 6.07) is 5.81. The lowest BCUT2D eigenvalue weighted by molar-refractivity contribution is 0.418. The molecule has 1 aromatic carbocycles. The van der Waals surface area contributed by atoms with Gasteiger partial charge in [-0.3, -0.25) is 0 Å². The molecular weight excluding hydrogens is 190 g/mol. The van der Waals surface area contributed by atoms with Gasteiger partial charge in [0, 0.05) is 11.6 Å². The maximum atomic E-state index is 5.25. The number of benzene rings is 1. The van der Waals surface area contributed by atoms with Gasteiger partial charge >= 0.3 is 0 Å². The standard InChI is InChI=1S/C11H13N3O/c1-12-7-10-13-6-8-4-3-5-9(15-2)11(8)14-10/h3-6,12H,7H2,1-2H3. The molecule has 0 saturated carbocycles. The van der Waals surface area contributed by atoms with Crippen molar-refractivity contribution in [1.29, 1.82) is 0 Å². The number of methoxy groups -OCH3 is 1. The summed E-state index contributed by atoms with van der Waals surface area (Å²) in [6.07, 6.45) is 1.82. The fraction of sp³-hybridized carbons (Fsp3) is 0.273. The van der Waals surface area contributed by atoms with E-state index in [1.165, 1.54) is 0 Å². The Labute approximate surface area is 88.3 Å². The summed E-state index contributed by atoms with van der Waals surface area (Å²) >= 11 is 0. The monoisotopic (exact) mass is 203 g/mol. The Balaban J connectivity index is 2.57. The van der Waals surface area contributed by atoms with E-state index in [1.54, 1.807) is 7.11 Å². The average molecular weight is 203 g/mol. The van der Waals surface area contributed by atoms with E-state index in [-0.39, 0.29) is 0 Å². The van der Waals surface area contributed by atoms with Crippen molar-refractivity contribution in [1.82, 2.24) is 15.3 Å². The molecule has 0 fully saturated rings. The first-order chi connectivity index (χ1) is 7.35. The second kappa shape index (κ2) is 4.23. The summed E-state index contributed by atoms with van der Waals surface area (Å²) in [5.41, 5.74) is 0.861. The molecule has 0 aliphatic rings. The lowest BCUT2D eigenvalue weighted by Gasteiger charge is -2.05. The van der Waals surface area contributed by atoms with Crippen molar-refractivity contribution in [3.8, 4) is 5.75 Å². The van der Waals surface area contributed by atoms with Crippen molar-refractivity contribution >= 4 is 10.9 Å². The van der Waals surface area contributed by atoms with Gasteiger partial charge < -0.3 is 10.1 Å². The van der Waals surface area contributed by atoms with Crippen LogP contribution in [0.15, 0.2) is 24.4 Å². The lowest BCUT2D eigenvalue weighted by atomic mass is 10.2. The minimum atomic E-state index is 0.661. The molecule has 0 spiro atoms. The molecule has 0 aliphatic heterocycles. The van der Waals surface area contributed by atoms with E-state index in [2.05, 4.69) is 15.3 Å². The Morgan fingerprint density at radius 2 is 2.27 bits per heavy atom. The van der Waals surface area contributed by atoms with Crippen molar-refractivity contribution in [3.05, 3.63) is 30.2 Å². The predicted molar refractivity (Wildman–Crippen MR) is 58.9 cm³/mol. The molecule has 0 atom stereocenters. The third-order valence-corrected chi connectivity index (χ3v) is 2.18. The van der Waals surface area contributed by atoms with E-state index < -0.39 is 0 Å². The molecule has 15 heavy (non-hydrogen) atoms. The Morgan fingerprint density at radius 1 is 1.40 bits per heavy atom. The van der Waals surface area contributed by atoms with Gasteiger partial charge in [0.1, 0.15) is 17.1 Å². The molecular formula is C11H13N3O. The van der Waals surface area contributed by atoms with Crippen molar-refractivity contribution in [3.63, 3.8) is 0 Å².